The van der Waals surface area contributed by atoms with Gasteiger partial charge >= 0.3 is 18.0 Å². The van der Waals surface area contributed by atoms with Gasteiger partial charge in [-0.25, -0.2) is 9.59 Å². The molecule has 2 aliphatic heterocycles. The Bertz CT molecular complexity index is 1130. The van der Waals surface area contributed by atoms with Crippen LogP contribution >= 0.6 is 11.8 Å². The minimum Gasteiger partial charge on any atom is -0.477 e. The lowest BCUT2D eigenvalue weighted by atomic mass is 10.0. The number of imide groups is 1. The molecule has 1 aromatic rings. The molecule has 15 nitrogen and oxygen atoms in total. The molecule has 16 heteroatoms. The smallest absolute Gasteiger partial charge is 0.352 e. The van der Waals surface area contributed by atoms with Crippen LogP contribution in [0, 0.1) is 0 Å². The van der Waals surface area contributed by atoms with Crippen LogP contribution in [-0.4, -0.2) is 81.8 Å². The number of aliphatic carboxylic acids is 1. The first kappa shape index (κ1) is 25.3. The molecule has 35 heavy (non-hydrogen) atoms. The zero-order chi connectivity index (χ0) is 25.7. The van der Waals surface area contributed by atoms with Gasteiger partial charge in [-0.15, -0.1) is 11.8 Å². The predicted octanol–water partition coefficient (Wildman–Crippen LogP) is -1.50. The number of β-lactam (4-membered cyclic amide) rings is 1. The average molecular weight is 509 g/mol. The van der Waals surface area contributed by atoms with Gasteiger partial charge in [0.15, 0.2) is 12.4 Å². The van der Waals surface area contributed by atoms with Crippen LogP contribution in [0.4, 0.5) is 4.79 Å². The van der Waals surface area contributed by atoms with E-state index in [1.165, 1.54) is 37.1 Å². The summed E-state index contributed by atoms with van der Waals surface area (Å²) in [4.78, 5) is 76.4. The number of urea groups is 1. The van der Waals surface area contributed by atoms with Crippen molar-refractivity contribution < 1.29 is 47.9 Å². The third kappa shape index (κ3) is 5.78. The van der Waals surface area contributed by atoms with Crippen molar-refractivity contribution in [2.75, 3.05) is 19.0 Å². The third-order valence-corrected chi connectivity index (χ3v) is 5.91. The number of primary amides is 1. The Morgan fingerprint density at radius 1 is 1.34 bits per heavy atom. The molecule has 2 aliphatic rings. The molecule has 1 aromatic heterocycles. The van der Waals surface area contributed by atoms with Crippen molar-refractivity contribution >= 4 is 53.2 Å². The highest BCUT2D eigenvalue weighted by Crippen LogP contribution is 2.40. The number of furan rings is 1. The second-order valence-corrected chi connectivity index (χ2v) is 8.11. The van der Waals surface area contributed by atoms with Gasteiger partial charge in [-0.3, -0.25) is 29.4 Å². The first-order chi connectivity index (χ1) is 16.6. The van der Waals surface area contributed by atoms with Crippen molar-refractivity contribution in [3.63, 3.8) is 0 Å². The monoisotopic (exact) mass is 509 g/mol. The molecule has 0 radical (unpaired) electrons. The van der Waals surface area contributed by atoms with Crippen molar-refractivity contribution in [1.29, 1.82) is 0 Å². The summed E-state index contributed by atoms with van der Waals surface area (Å²) in [5.74, 6) is -4.40. The van der Waals surface area contributed by atoms with E-state index in [1.807, 2.05) is 0 Å². The fourth-order valence-corrected chi connectivity index (χ4v) is 4.46. The van der Waals surface area contributed by atoms with E-state index >= 15 is 0 Å². The Balaban J connectivity index is 1.73. The van der Waals surface area contributed by atoms with E-state index in [-0.39, 0.29) is 29.4 Å². The Morgan fingerprint density at radius 3 is 2.69 bits per heavy atom. The van der Waals surface area contributed by atoms with Gasteiger partial charge in [0.25, 0.3) is 17.7 Å². The van der Waals surface area contributed by atoms with Gasteiger partial charge in [0, 0.05) is 18.2 Å². The summed E-state index contributed by atoms with van der Waals surface area (Å²) < 4.78 is 10.0. The molecular weight excluding hydrogens is 490 g/mol. The number of fused-ring (bicyclic) bond motifs is 1. The number of esters is 1. The van der Waals surface area contributed by atoms with E-state index in [4.69, 9.17) is 19.7 Å². The van der Waals surface area contributed by atoms with Gasteiger partial charge in [-0.1, -0.05) is 5.16 Å². The summed E-state index contributed by atoms with van der Waals surface area (Å²) in [6, 6.07) is 0.632. The molecule has 2 atom stereocenters. The Kier molecular flexibility index (Phi) is 7.75. The molecule has 0 unspecified atom stereocenters. The number of ether oxygens (including phenoxy) is 1. The van der Waals surface area contributed by atoms with Crippen LogP contribution in [0.5, 0.6) is 0 Å². The Hall–Kier alpha value is -4.34. The van der Waals surface area contributed by atoms with Gasteiger partial charge in [-0.05, 0) is 12.1 Å². The second-order valence-electron chi connectivity index (χ2n) is 7.00. The topological polar surface area (TPSA) is 220 Å². The molecular formula is C19H19N5O10S. The van der Waals surface area contributed by atoms with Crippen LogP contribution in [0.2, 0.25) is 0 Å². The zero-order valence-electron chi connectivity index (χ0n) is 18.0. The largest absolute Gasteiger partial charge is 0.477 e. The van der Waals surface area contributed by atoms with Gasteiger partial charge < -0.3 is 30.1 Å². The maximum atomic E-state index is 12.9. The van der Waals surface area contributed by atoms with Crippen molar-refractivity contribution in [2.24, 2.45) is 10.9 Å². The summed E-state index contributed by atoms with van der Waals surface area (Å²) in [5, 5.41) is 16.6. The predicted molar refractivity (Wildman–Crippen MR) is 115 cm³/mol. The van der Waals surface area contributed by atoms with Gasteiger partial charge in [0.1, 0.15) is 23.7 Å². The standard InChI is InChI=1S/C19H19N5O10S/c1-8(25)33-5-9-7-35-17-13(16(28)24(17)14(9)18(29)30)22-15(27)12(10-3-2-4-32-10)23-34-6-11(26)21-19(20)31/h2-4,13,17H,5-7H2,1H3,(H,22,27)(H,29,30)(H3,20,21,26,31)/b23-12-/t13-,17-/m1/s1. The molecule has 0 aliphatic carbocycles. The lowest BCUT2D eigenvalue weighted by molar-refractivity contribution is -0.150. The highest BCUT2D eigenvalue weighted by molar-refractivity contribution is 8.00. The van der Waals surface area contributed by atoms with E-state index in [9.17, 15) is 33.9 Å². The van der Waals surface area contributed by atoms with E-state index in [0.717, 1.165) is 4.90 Å². The molecule has 5 amide bonds. The van der Waals surface area contributed by atoms with Crippen molar-refractivity contribution in [3.05, 3.63) is 35.4 Å². The van der Waals surface area contributed by atoms with E-state index in [2.05, 4.69) is 10.5 Å². The van der Waals surface area contributed by atoms with Crippen LogP contribution in [0.1, 0.15) is 12.7 Å². The summed E-state index contributed by atoms with van der Waals surface area (Å²) in [6.07, 6.45) is 1.25. The summed E-state index contributed by atoms with van der Waals surface area (Å²) in [7, 11) is 0. The lowest BCUT2D eigenvalue weighted by Gasteiger charge is -2.49. The maximum absolute atomic E-state index is 12.9. The Morgan fingerprint density at radius 2 is 2.09 bits per heavy atom. The highest BCUT2D eigenvalue weighted by Gasteiger charge is 2.54. The molecule has 0 spiro atoms. The molecule has 0 saturated carbocycles. The number of hydrogen-bond donors (Lipinski definition) is 4. The fraction of sp³-hybridized carbons (Fsp3) is 0.316. The number of hydrogen-bond acceptors (Lipinski definition) is 11. The zero-order valence-corrected chi connectivity index (χ0v) is 18.8. The number of thioether (sulfide) groups is 1. The number of nitrogens with two attached hydrogens (primary N) is 1. The molecule has 1 saturated heterocycles. The number of carboxylic acid groups (broad SMARTS) is 1. The number of carbonyl (C=O) groups excluding carboxylic acids is 5. The summed E-state index contributed by atoms with van der Waals surface area (Å²) in [5.41, 5.74) is 4.33. The van der Waals surface area contributed by atoms with E-state index in [0.29, 0.717) is 0 Å². The molecule has 3 rings (SSSR count). The van der Waals surface area contributed by atoms with Crippen molar-refractivity contribution in [3.8, 4) is 0 Å². The van der Waals surface area contributed by atoms with Gasteiger partial charge in [0.2, 0.25) is 5.71 Å². The van der Waals surface area contributed by atoms with Crippen LogP contribution in [0.3, 0.4) is 0 Å². The number of rotatable bonds is 9. The number of nitrogens with one attached hydrogen (secondary N) is 2. The van der Waals surface area contributed by atoms with Crippen molar-refractivity contribution in [2.45, 2.75) is 18.3 Å². The van der Waals surface area contributed by atoms with E-state index in [1.54, 1.807) is 5.32 Å². The SMILES string of the molecule is CC(=O)OCC1=C(C(=O)O)N2C(=O)[C@@H](NC(=O)/C(=N\OCC(=O)NC(N)=O)c3ccco3)[C@H]2SC1. The number of nitrogens with zero attached hydrogens (tertiary/aromatic N) is 2. The van der Waals surface area contributed by atoms with Crippen molar-refractivity contribution in [1.82, 2.24) is 15.5 Å². The first-order valence-electron chi connectivity index (χ1n) is 9.77. The fourth-order valence-electron chi connectivity index (χ4n) is 3.13. The van der Waals surface area contributed by atoms with Crippen LogP contribution in [0.15, 0.2) is 39.2 Å². The molecule has 5 N–H and O–H groups in total. The summed E-state index contributed by atoms with van der Waals surface area (Å²) >= 11 is 1.17. The molecule has 0 aromatic carbocycles. The molecule has 0 bridgehead atoms. The molecule has 3 heterocycles. The first-order valence-corrected chi connectivity index (χ1v) is 10.8. The summed E-state index contributed by atoms with van der Waals surface area (Å²) in [6.45, 7) is 0.145. The quantitative estimate of drug-likeness (QED) is 0.130. The molecule has 186 valence electrons. The second kappa shape index (κ2) is 10.7. The van der Waals surface area contributed by atoms with Gasteiger partial charge in [0.05, 0.1) is 6.26 Å². The average Bonchev–Trinajstić information content (AvgIpc) is 3.31. The highest BCUT2D eigenvalue weighted by atomic mass is 32.2. The lowest BCUT2D eigenvalue weighted by Crippen LogP contribution is -2.71. The number of oxime groups is 1. The van der Waals surface area contributed by atoms with Crippen LogP contribution in [-0.2, 0) is 33.5 Å². The van der Waals surface area contributed by atoms with Gasteiger partial charge in [-0.2, -0.15) is 0 Å². The number of carbonyl (C=O) groups is 6. The minimum atomic E-state index is -1.38. The van der Waals surface area contributed by atoms with Crippen LogP contribution in [0.25, 0.3) is 0 Å². The number of carboxylic acids is 1. The maximum Gasteiger partial charge on any atom is 0.352 e. The molecule has 1 fully saturated rings. The minimum absolute atomic E-state index is 0.0486. The Labute approximate surface area is 200 Å². The normalized spacial score (nSPS) is 19.3. The van der Waals surface area contributed by atoms with E-state index < -0.39 is 59.4 Å². The number of amides is 5. The van der Waals surface area contributed by atoms with Crippen LogP contribution < -0.4 is 16.4 Å². The third-order valence-electron chi connectivity index (χ3n) is 4.57.